The van der Waals surface area contributed by atoms with Gasteiger partial charge in [-0.15, -0.1) is 0 Å². The second-order valence-corrected chi connectivity index (χ2v) is 8.67. The number of nitrogens with zero attached hydrogens (tertiary/aromatic N) is 1. The first kappa shape index (κ1) is 24.3. The van der Waals surface area contributed by atoms with E-state index in [0.717, 1.165) is 6.26 Å². The number of anilines is 1. The number of hydrogen-bond acceptors (Lipinski definition) is 7. The third-order valence-corrected chi connectivity index (χ3v) is 5.09. The minimum Gasteiger partial charge on any atom is -0.493 e. The molecule has 0 aliphatic heterocycles. The van der Waals surface area contributed by atoms with Crippen LogP contribution < -0.4 is 24.2 Å². The van der Waals surface area contributed by atoms with Gasteiger partial charge in [-0.2, -0.15) is 0 Å². The Kier molecular flexibility index (Phi) is 8.52. The average molecular weight is 452 g/mol. The van der Waals surface area contributed by atoms with Gasteiger partial charge in [-0.25, -0.2) is 8.42 Å². The largest absolute Gasteiger partial charge is 0.493 e. The number of benzene rings is 2. The van der Waals surface area contributed by atoms with Crippen LogP contribution in [-0.4, -0.2) is 66.1 Å². The van der Waals surface area contributed by atoms with Crippen molar-refractivity contribution in [2.24, 2.45) is 0 Å². The fourth-order valence-corrected chi connectivity index (χ4v) is 3.27. The summed E-state index contributed by atoms with van der Waals surface area (Å²) in [7, 11) is 1.62. The Bertz CT molecular complexity index is 979. The summed E-state index contributed by atoms with van der Waals surface area (Å²) in [5.74, 6) is 1.45. The molecule has 0 saturated heterocycles. The summed E-state index contributed by atoms with van der Waals surface area (Å²) < 4.78 is 41.2. The summed E-state index contributed by atoms with van der Waals surface area (Å²) in [5, 5.41) is 2.87. The summed E-state index contributed by atoms with van der Waals surface area (Å²) in [6.45, 7) is 2.88. The number of nitrogens with one attached hydrogen (secondary N) is 2. The molecule has 0 heterocycles. The maximum atomic E-state index is 12.4. The molecule has 0 radical (unpaired) electrons. The molecule has 9 nitrogen and oxygen atoms in total. The van der Waals surface area contributed by atoms with Gasteiger partial charge >= 0.3 is 0 Å². The molecule has 0 spiro atoms. The Morgan fingerprint density at radius 3 is 2.29 bits per heavy atom. The van der Waals surface area contributed by atoms with Gasteiger partial charge in [0.2, 0.25) is 10.0 Å². The van der Waals surface area contributed by atoms with E-state index in [1.54, 1.807) is 42.5 Å². The molecule has 2 N–H and O–H groups in total. The fourth-order valence-electron chi connectivity index (χ4n) is 2.71. The van der Waals surface area contributed by atoms with Crippen molar-refractivity contribution in [3.63, 3.8) is 0 Å². The van der Waals surface area contributed by atoms with E-state index in [-0.39, 0.29) is 12.1 Å². The molecular weight excluding hydrogens is 422 g/mol. The molecule has 1 unspecified atom stereocenters. The molecule has 10 heteroatoms. The maximum absolute atomic E-state index is 12.4. The zero-order chi connectivity index (χ0) is 23.0. The normalized spacial score (nSPS) is 12.2. The summed E-state index contributed by atoms with van der Waals surface area (Å²) >= 11 is 0. The molecule has 170 valence electrons. The Morgan fingerprint density at radius 1 is 1.06 bits per heavy atom. The fraction of sp³-hybridized carbons (Fsp3) is 0.381. The van der Waals surface area contributed by atoms with Crippen molar-refractivity contribution in [1.29, 1.82) is 0 Å². The van der Waals surface area contributed by atoms with Crippen LogP contribution in [0.1, 0.15) is 17.3 Å². The summed E-state index contributed by atoms with van der Waals surface area (Å²) in [5.41, 5.74) is 0.945. The topological polar surface area (TPSA) is 106 Å². The van der Waals surface area contributed by atoms with E-state index in [4.69, 9.17) is 14.2 Å². The predicted molar refractivity (Wildman–Crippen MR) is 120 cm³/mol. The highest BCUT2D eigenvalue weighted by Crippen LogP contribution is 2.27. The van der Waals surface area contributed by atoms with Crippen LogP contribution in [0.5, 0.6) is 17.2 Å². The van der Waals surface area contributed by atoms with Crippen LogP contribution >= 0.6 is 0 Å². The molecule has 0 bridgehead atoms. The number of hydrogen-bond donors (Lipinski definition) is 2. The lowest BCUT2D eigenvalue weighted by Crippen LogP contribution is -2.39. The third kappa shape index (κ3) is 7.65. The van der Waals surface area contributed by atoms with Crippen molar-refractivity contribution in [1.82, 2.24) is 10.2 Å². The van der Waals surface area contributed by atoms with Crippen molar-refractivity contribution in [2.75, 3.05) is 45.3 Å². The lowest BCUT2D eigenvalue weighted by molar-refractivity contribution is 0.0604. The molecule has 2 aromatic carbocycles. The van der Waals surface area contributed by atoms with E-state index < -0.39 is 10.0 Å². The van der Waals surface area contributed by atoms with Gasteiger partial charge in [0.15, 0.2) is 11.5 Å². The Hall–Kier alpha value is -2.98. The van der Waals surface area contributed by atoms with Gasteiger partial charge in [0.1, 0.15) is 12.0 Å². The molecule has 0 fully saturated rings. The zero-order valence-electron chi connectivity index (χ0n) is 18.3. The number of carbonyl (C=O) groups excluding carboxylic acids is 1. The standard InChI is InChI=1S/C21H29N3O6S/c1-15(30-18-9-7-17(8-10-18)23-31(5,26)27)24(2)13-12-22-21(25)16-6-11-19(28-3)20(14-16)29-4/h6-11,14-15,23H,12-13H2,1-5H3,(H,22,25). The number of likely N-dealkylation sites (N-methyl/N-ethyl adjacent to an activating group) is 1. The molecule has 0 aromatic heterocycles. The Balaban J connectivity index is 1.82. The molecule has 31 heavy (non-hydrogen) atoms. The molecule has 1 amide bonds. The van der Waals surface area contributed by atoms with E-state index in [2.05, 4.69) is 10.0 Å². The van der Waals surface area contributed by atoms with E-state index in [1.165, 1.54) is 14.2 Å². The highest BCUT2D eigenvalue weighted by molar-refractivity contribution is 7.92. The van der Waals surface area contributed by atoms with Crippen LogP contribution in [0.2, 0.25) is 0 Å². The van der Waals surface area contributed by atoms with Crippen LogP contribution in [0.3, 0.4) is 0 Å². The predicted octanol–water partition coefficient (Wildman–Crippen LogP) is 2.16. The first-order chi connectivity index (χ1) is 14.6. The Morgan fingerprint density at radius 2 is 1.71 bits per heavy atom. The molecular formula is C21H29N3O6S. The number of carbonyl (C=O) groups is 1. The van der Waals surface area contributed by atoms with Crippen molar-refractivity contribution in [2.45, 2.75) is 13.2 Å². The minimum atomic E-state index is -3.32. The van der Waals surface area contributed by atoms with Crippen molar-refractivity contribution < 1.29 is 27.4 Å². The molecule has 0 saturated carbocycles. The third-order valence-electron chi connectivity index (χ3n) is 4.48. The van der Waals surface area contributed by atoms with Gasteiger partial charge in [0, 0.05) is 24.3 Å². The van der Waals surface area contributed by atoms with Gasteiger partial charge < -0.3 is 19.5 Å². The quantitative estimate of drug-likeness (QED) is 0.504. The molecule has 2 rings (SSSR count). The number of amides is 1. The first-order valence-corrected chi connectivity index (χ1v) is 11.5. The van der Waals surface area contributed by atoms with Crippen molar-refractivity contribution in [3.8, 4) is 17.2 Å². The Labute approximate surface area is 183 Å². The number of ether oxygens (including phenoxy) is 3. The molecule has 1 atom stereocenters. The first-order valence-electron chi connectivity index (χ1n) is 9.58. The van der Waals surface area contributed by atoms with Crippen LogP contribution in [0.25, 0.3) is 0 Å². The second-order valence-electron chi connectivity index (χ2n) is 6.92. The van der Waals surface area contributed by atoms with Crippen LogP contribution in [0.15, 0.2) is 42.5 Å². The summed E-state index contributed by atoms with van der Waals surface area (Å²) in [6, 6.07) is 11.6. The van der Waals surface area contributed by atoms with Gasteiger partial charge in [-0.1, -0.05) is 0 Å². The summed E-state index contributed by atoms with van der Waals surface area (Å²) in [6.07, 6.45) is 0.838. The number of sulfonamides is 1. The lowest BCUT2D eigenvalue weighted by atomic mass is 10.2. The van der Waals surface area contributed by atoms with Gasteiger partial charge in [0.05, 0.1) is 20.5 Å². The van der Waals surface area contributed by atoms with Crippen LogP contribution in [-0.2, 0) is 10.0 Å². The monoisotopic (exact) mass is 451 g/mol. The smallest absolute Gasteiger partial charge is 0.251 e. The van der Waals surface area contributed by atoms with Crippen LogP contribution in [0.4, 0.5) is 5.69 Å². The molecule has 0 aliphatic carbocycles. The molecule has 2 aromatic rings. The number of rotatable bonds is 11. The van der Waals surface area contributed by atoms with E-state index in [1.807, 2.05) is 18.9 Å². The highest BCUT2D eigenvalue weighted by Gasteiger charge is 2.13. The average Bonchev–Trinajstić information content (AvgIpc) is 2.73. The maximum Gasteiger partial charge on any atom is 0.251 e. The van der Waals surface area contributed by atoms with Gasteiger partial charge in [-0.05, 0) is 56.4 Å². The molecule has 0 aliphatic rings. The SMILES string of the molecule is COc1ccc(C(=O)NCCN(C)C(C)Oc2ccc(NS(C)(=O)=O)cc2)cc1OC. The van der Waals surface area contributed by atoms with E-state index in [0.29, 0.717) is 41.6 Å². The van der Waals surface area contributed by atoms with Gasteiger partial charge in [0.25, 0.3) is 5.91 Å². The van der Waals surface area contributed by atoms with Crippen LogP contribution in [0, 0.1) is 0 Å². The minimum absolute atomic E-state index is 0.211. The lowest BCUT2D eigenvalue weighted by Gasteiger charge is -2.25. The van der Waals surface area contributed by atoms with Gasteiger partial charge in [-0.3, -0.25) is 14.4 Å². The summed E-state index contributed by atoms with van der Waals surface area (Å²) in [4.78, 5) is 14.3. The van der Waals surface area contributed by atoms with Crippen molar-refractivity contribution >= 4 is 21.6 Å². The van der Waals surface area contributed by atoms with Crippen molar-refractivity contribution in [3.05, 3.63) is 48.0 Å². The second kappa shape index (κ2) is 10.9. The van der Waals surface area contributed by atoms with E-state index >= 15 is 0 Å². The highest BCUT2D eigenvalue weighted by atomic mass is 32.2. The van der Waals surface area contributed by atoms with E-state index in [9.17, 15) is 13.2 Å². The zero-order valence-corrected chi connectivity index (χ0v) is 19.2. The number of methoxy groups -OCH3 is 2.